The second kappa shape index (κ2) is 5.11. The molecule has 0 aliphatic rings. The molecule has 0 fully saturated rings. The van der Waals surface area contributed by atoms with E-state index >= 15 is 0 Å². The van der Waals surface area contributed by atoms with Gasteiger partial charge in [-0.3, -0.25) is 0 Å². The summed E-state index contributed by atoms with van der Waals surface area (Å²) in [5, 5.41) is 8.32. The van der Waals surface area contributed by atoms with E-state index in [0.717, 1.165) is 17.8 Å². The maximum absolute atomic E-state index is 5.72. The van der Waals surface area contributed by atoms with Crippen molar-refractivity contribution in [3.8, 4) is 5.69 Å². The van der Waals surface area contributed by atoms with Gasteiger partial charge < -0.3 is 0 Å². The van der Waals surface area contributed by atoms with Gasteiger partial charge in [0, 0.05) is 12.3 Å². The van der Waals surface area contributed by atoms with Crippen molar-refractivity contribution in [2.75, 3.05) is 5.88 Å². The van der Waals surface area contributed by atoms with Gasteiger partial charge in [-0.25, -0.2) is 4.68 Å². The highest BCUT2D eigenvalue weighted by molar-refractivity contribution is 6.17. The molecule has 0 bridgehead atoms. The SMILES string of the molecule is CC(C)(C)c1ccccc1-n1cc(CCCl)nn1. The first-order chi connectivity index (χ1) is 8.52. The summed E-state index contributed by atoms with van der Waals surface area (Å²) in [6, 6.07) is 8.28. The molecule has 0 N–H and O–H groups in total. The Kier molecular flexibility index (Phi) is 3.71. The van der Waals surface area contributed by atoms with Gasteiger partial charge in [0.1, 0.15) is 0 Å². The fourth-order valence-corrected chi connectivity index (χ4v) is 2.13. The Morgan fingerprint density at radius 2 is 1.94 bits per heavy atom. The second-order valence-electron chi connectivity index (χ2n) is 5.36. The Balaban J connectivity index is 2.43. The predicted octanol–water partition coefficient (Wildman–Crippen LogP) is 3.35. The van der Waals surface area contributed by atoms with E-state index in [4.69, 9.17) is 11.6 Å². The normalized spacial score (nSPS) is 11.8. The third kappa shape index (κ3) is 2.72. The summed E-state index contributed by atoms with van der Waals surface area (Å²) in [4.78, 5) is 0. The lowest BCUT2D eigenvalue weighted by atomic mass is 9.86. The molecule has 0 aliphatic carbocycles. The highest BCUT2D eigenvalue weighted by Crippen LogP contribution is 2.27. The van der Waals surface area contributed by atoms with Gasteiger partial charge in [-0.05, 0) is 17.0 Å². The van der Waals surface area contributed by atoms with Crippen LogP contribution in [0.25, 0.3) is 5.69 Å². The number of rotatable bonds is 3. The fourth-order valence-electron chi connectivity index (χ4n) is 1.94. The van der Waals surface area contributed by atoms with Gasteiger partial charge in [0.05, 0.1) is 17.6 Å². The largest absolute Gasteiger partial charge is 0.220 e. The minimum absolute atomic E-state index is 0.0786. The molecule has 3 nitrogen and oxygen atoms in total. The average Bonchev–Trinajstić information content (AvgIpc) is 2.77. The van der Waals surface area contributed by atoms with Crippen molar-refractivity contribution in [3.63, 3.8) is 0 Å². The van der Waals surface area contributed by atoms with E-state index in [-0.39, 0.29) is 5.41 Å². The van der Waals surface area contributed by atoms with E-state index < -0.39 is 0 Å². The molecule has 0 saturated carbocycles. The van der Waals surface area contributed by atoms with Gasteiger partial charge in [-0.2, -0.15) is 0 Å². The molecule has 4 heteroatoms. The van der Waals surface area contributed by atoms with Crippen molar-refractivity contribution >= 4 is 11.6 Å². The summed E-state index contributed by atoms with van der Waals surface area (Å²) in [6.45, 7) is 6.59. The molecule has 18 heavy (non-hydrogen) atoms. The zero-order chi connectivity index (χ0) is 13.2. The van der Waals surface area contributed by atoms with E-state index in [0.29, 0.717) is 5.88 Å². The zero-order valence-electron chi connectivity index (χ0n) is 11.0. The minimum atomic E-state index is 0.0786. The Bertz CT molecular complexity index is 526. The summed E-state index contributed by atoms with van der Waals surface area (Å²) < 4.78 is 1.84. The number of hydrogen-bond donors (Lipinski definition) is 0. The maximum Gasteiger partial charge on any atom is 0.0843 e. The number of aryl methyl sites for hydroxylation is 1. The number of benzene rings is 1. The number of para-hydroxylation sites is 1. The van der Waals surface area contributed by atoms with Gasteiger partial charge in [0.15, 0.2) is 0 Å². The van der Waals surface area contributed by atoms with Crippen LogP contribution < -0.4 is 0 Å². The highest BCUT2D eigenvalue weighted by atomic mass is 35.5. The lowest BCUT2D eigenvalue weighted by Crippen LogP contribution is -2.15. The van der Waals surface area contributed by atoms with Crippen molar-refractivity contribution in [2.24, 2.45) is 0 Å². The van der Waals surface area contributed by atoms with Crippen molar-refractivity contribution in [3.05, 3.63) is 41.7 Å². The molecule has 1 heterocycles. The van der Waals surface area contributed by atoms with Crippen LogP contribution in [-0.4, -0.2) is 20.9 Å². The van der Waals surface area contributed by atoms with Crippen LogP contribution >= 0.6 is 11.6 Å². The first-order valence-corrected chi connectivity index (χ1v) is 6.63. The van der Waals surface area contributed by atoms with Crippen LogP contribution in [0.2, 0.25) is 0 Å². The topological polar surface area (TPSA) is 30.7 Å². The summed E-state index contributed by atoms with van der Waals surface area (Å²) >= 11 is 5.72. The van der Waals surface area contributed by atoms with E-state index in [1.807, 2.05) is 16.9 Å². The molecule has 2 aromatic rings. The van der Waals surface area contributed by atoms with E-state index in [9.17, 15) is 0 Å². The summed E-state index contributed by atoms with van der Waals surface area (Å²) in [7, 11) is 0. The molecule has 0 saturated heterocycles. The average molecular weight is 264 g/mol. The first kappa shape index (κ1) is 13.1. The molecule has 0 spiro atoms. The third-order valence-electron chi connectivity index (χ3n) is 2.85. The summed E-state index contributed by atoms with van der Waals surface area (Å²) in [6.07, 6.45) is 2.70. The number of aromatic nitrogens is 3. The van der Waals surface area contributed by atoms with Crippen molar-refractivity contribution in [2.45, 2.75) is 32.6 Å². The van der Waals surface area contributed by atoms with E-state index in [1.54, 1.807) is 0 Å². The highest BCUT2D eigenvalue weighted by Gasteiger charge is 2.18. The second-order valence-corrected chi connectivity index (χ2v) is 5.74. The van der Waals surface area contributed by atoms with Crippen LogP contribution in [0.4, 0.5) is 0 Å². The van der Waals surface area contributed by atoms with Crippen LogP contribution in [0.5, 0.6) is 0 Å². The Labute approximate surface area is 113 Å². The molecular weight excluding hydrogens is 246 g/mol. The third-order valence-corrected chi connectivity index (χ3v) is 3.04. The standard InChI is InChI=1S/C14H18ClN3/c1-14(2,3)12-6-4-5-7-13(12)18-10-11(8-9-15)16-17-18/h4-7,10H,8-9H2,1-3H3. The number of halogens is 1. The smallest absolute Gasteiger partial charge is 0.0843 e. The van der Waals surface area contributed by atoms with E-state index in [1.165, 1.54) is 5.56 Å². The van der Waals surface area contributed by atoms with Crippen LogP contribution in [0.15, 0.2) is 30.5 Å². The molecule has 2 rings (SSSR count). The van der Waals surface area contributed by atoms with Gasteiger partial charge in [-0.1, -0.05) is 44.2 Å². The molecule has 0 unspecified atom stereocenters. The number of alkyl halides is 1. The molecular formula is C14H18ClN3. The monoisotopic (exact) mass is 263 g/mol. The van der Waals surface area contributed by atoms with Crippen LogP contribution in [0.3, 0.4) is 0 Å². The predicted molar refractivity (Wildman–Crippen MR) is 74.5 cm³/mol. The van der Waals surface area contributed by atoms with Crippen molar-refractivity contribution in [1.29, 1.82) is 0 Å². The Morgan fingerprint density at radius 1 is 1.22 bits per heavy atom. The summed E-state index contributed by atoms with van der Waals surface area (Å²) in [5.74, 6) is 0.569. The van der Waals surface area contributed by atoms with Crippen molar-refractivity contribution < 1.29 is 0 Å². The van der Waals surface area contributed by atoms with Crippen LogP contribution in [0.1, 0.15) is 32.0 Å². The van der Waals surface area contributed by atoms with Crippen molar-refractivity contribution in [1.82, 2.24) is 15.0 Å². The van der Waals surface area contributed by atoms with Crippen LogP contribution in [-0.2, 0) is 11.8 Å². The van der Waals surface area contributed by atoms with Gasteiger partial charge in [0.2, 0.25) is 0 Å². The molecule has 0 atom stereocenters. The van der Waals surface area contributed by atoms with Crippen LogP contribution in [0, 0.1) is 0 Å². The van der Waals surface area contributed by atoms with E-state index in [2.05, 4.69) is 49.3 Å². The molecule has 0 amide bonds. The first-order valence-electron chi connectivity index (χ1n) is 6.09. The molecule has 96 valence electrons. The zero-order valence-corrected chi connectivity index (χ0v) is 11.8. The minimum Gasteiger partial charge on any atom is -0.220 e. The molecule has 1 aromatic heterocycles. The fraction of sp³-hybridized carbons (Fsp3) is 0.429. The molecule has 0 radical (unpaired) electrons. The lowest BCUT2D eigenvalue weighted by molar-refractivity contribution is 0.582. The molecule has 1 aromatic carbocycles. The number of nitrogens with zero attached hydrogens (tertiary/aromatic N) is 3. The number of hydrogen-bond acceptors (Lipinski definition) is 2. The lowest BCUT2D eigenvalue weighted by Gasteiger charge is -2.22. The Morgan fingerprint density at radius 3 is 2.61 bits per heavy atom. The molecule has 0 aliphatic heterocycles. The maximum atomic E-state index is 5.72. The summed E-state index contributed by atoms with van der Waals surface area (Å²) in [5.41, 5.74) is 3.34. The van der Waals surface area contributed by atoms with Gasteiger partial charge in [0.25, 0.3) is 0 Å². The Hall–Kier alpha value is -1.35. The van der Waals surface area contributed by atoms with Gasteiger partial charge in [-0.15, -0.1) is 16.7 Å². The quantitative estimate of drug-likeness (QED) is 0.795. The van der Waals surface area contributed by atoms with Gasteiger partial charge >= 0.3 is 0 Å².